The van der Waals surface area contributed by atoms with Gasteiger partial charge < -0.3 is 20.6 Å². The van der Waals surface area contributed by atoms with E-state index in [9.17, 15) is 9.90 Å². The molecule has 0 aromatic carbocycles. The Labute approximate surface area is 189 Å². The smallest absolute Gasteiger partial charge is 0.237 e. The maximum Gasteiger partial charge on any atom is 0.237 e. The van der Waals surface area contributed by atoms with Crippen molar-refractivity contribution in [2.45, 2.75) is 18.3 Å². The highest BCUT2D eigenvalue weighted by molar-refractivity contribution is 6.06. The summed E-state index contributed by atoms with van der Waals surface area (Å²) in [7, 11) is 4.03. The van der Waals surface area contributed by atoms with Crippen molar-refractivity contribution in [1.82, 2.24) is 20.2 Å². The minimum Gasteiger partial charge on any atom is -0.508 e. The molecule has 2 aliphatic rings. The van der Waals surface area contributed by atoms with Gasteiger partial charge in [0.2, 0.25) is 5.91 Å². The zero-order valence-corrected chi connectivity index (χ0v) is 18.8. The molecule has 1 spiro atoms. The van der Waals surface area contributed by atoms with Crippen LogP contribution in [-0.2, 0) is 23.1 Å². The Morgan fingerprint density at radius 3 is 2.81 bits per heavy atom. The predicted molar refractivity (Wildman–Crippen MR) is 130 cm³/mol. The van der Waals surface area contributed by atoms with E-state index in [1.165, 1.54) is 0 Å². The summed E-state index contributed by atoms with van der Waals surface area (Å²) in [6.07, 6.45) is 8.62. The summed E-state index contributed by atoms with van der Waals surface area (Å²) in [6.45, 7) is 12.3. The molecule has 0 fully saturated rings. The van der Waals surface area contributed by atoms with Crippen molar-refractivity contribution < 1.29 is 9.90 Å². The maximum atomic E-state index is 13.0. The van der Waals surface area contributed by atoms with Crippen LogP contribution in [0.25, 0.3) is 11.8 Å². The number of fused-ring (bicyclic) bond motifs is 3. The Balaban J connectivity index is 0.00000141. The van der Waals surface area contributed by atoms with E-state index in [1.807, 2.05) is 19.2 Å². The first kappa shape index (κ1) is 23.4. The van der Waals surface area contributed by atoms with Gasteiger partial charge >= 0.3 is 0 Å². The molecule has 0 radical (unpaired) electrons. The molecule has 0 unspecified atom stereocenters. The van der Waals surface area contributed by atoms with Crippen molar-refractivity contribution in [3.05, 3.63) is 78.3 Å². The van der Waals surface area contributed by atoms with Gasteiger partial charge in [-0.05, 0) is 43.8 Å². The number of aliphatic hydroxyl groups excluding tert-OH is 1. The number of anilines is 1. The van der Waals surface area contributed by atoms with Gasteiger partial charge in [-0.15, -0.1) is 13.2 Å². The molecule has 4 rings (SSSR count). The molecule has 0 bridgehead atoms. The first-order valence-corrected chi connectivity index (χ1v) is 10.6. The molecule has 168 valence electrons. The monoisotopic (exact) mass is 433 g/mol. The molecule has 1 atom stereocenters. The Morgan fingerprint density at radius 2 is 2.09 bits per heavy atom. The molecule has 0 saturated heterocycles. The quantitative estimate of drug-likeness (QED) is 0.459. The number of carbonyl (C=O) groups is 1. The van der Waals surface area contributed by atoms with E-state index >= 15 is 0 Å². The lowest BCUT2D eigenvalue weighted by Crippen LogP contribution is -2.35. The number of nitrogens with one attached hydrogen (secondary N) is 2. The minimum absolute atomic E-state index is 0.0173. The van der Waals surface area contributed by atoms with Crippen molar-refractivity contribution in [3.63, 3.8) is 0 Å². The van der Waals surface area contributed by atoms with E-state index in [4.69, 9.17) is 0 Å². The molecule has 7 heteroatoms. The molecule has 1 aliphatic carbocycles. The summed E-state index contributed by atoms with van der Waals surface area (Å²) < 4.78 is 0. The second-order valence-corrected chi connectivity index (χ2v) is 8.10. The number of likely N-dealkylation sites (N-methyl/N-ethyl adjacent to an activating group) is 2. The molecule has 0 saturated carbocycles. The fraction of sp³-hybridized carbons (Fsp3) is 0.320. The van der Waals surface area contributed by atoms with E-state index in [1.54, 1.807) is 12.4 Å². The van der Waals surface area contributed by atoms with E-state index in [0.29, 0.717) is 24.2 Å². The van der Waals surface area contributed by atoms with E-state index in [-0.39, 0.29) is 11.7 Å². The number of aliphatic hydroxyl groups is 1. The van der Waals surface area contributed by atoms with Crippen LogP contribution in [0.4, 0.5) is 5.82 Å². The van der Waals surface area contributed by atoms with E-state index in [2.05, 4.69) is 64.4 Å². The molecule has 2 aromatic rings. The predicted octanol–water partition coefficient (Wildman–Crippen LogP) is 2.96. The summed E-state index contributed by atoms with van der Waals surface area (Å²) in [5.74, 6) is 0.569. The molecule has 7 nitrogen and oxygen atoms in total. The Bertz CT molecular complexity index is 1050. The first-order chi connectivity index (χ1) is 15.4. The van der Waals surface area contributed by atoms with Crippen LogP contribution in [0, 0.1) is 0 Å². The third-order valence-corrected chi connectivity index (χ3v) is 5.92. The minimum atomic E-state index is -0.694. The van der Waals surface area contributed by atoms with Crippen LogP contribution in [0.3, 0.4) is 0 Å². The van der Waals surface area contributed by atoms with Gasteiger partial charge in [-0.3, -0.25) is 9.78 Å². The third-order valence-electron chi connectivity index (χ3n) is 5.92. The lowest BCUT2D eigenvalue weighted by Gasteiger charge is -2.20. The number of hydrogen-bond donors (Lipinski definition) is 3. The lowest BCUT2D eigenvalue weighted by molar-refractivity contribution is -0.120. The Hall–Kier alpha value is -3.29. The number of hydrogen-bond acceptors (Lipinski definition) is 6. The molecular formula is C25H31N5O2. The molecule has 3 heterocycles. The van der Waals surface area contributed by atoms with Crippen LogP contribution in [0.15, 0.2) is 50.3 Å². The van der Waals surface area contributed by atoms with Crippen LogP contribution >= 0.6 is 0 Å². The van der Waals surface area contributed by atoms with Crippen molar-refractivity contribution >= 4 is 23.6 Å². The highest BCUT2D eigenvalue weighted by Crippen LogP contribution is 2.46. The average molecular weight is 434 g/mol. The Kier molecular flexibility index (Phi) is 7.22. The van der Waals surface area contributed by atoms with Gasteiger partial charge in [-0.1, -0.05) is 18.7 Å². The van der Waals surface area contributed by atoms with E-state index in [0.717, 1.165) is 42.0 Å². The van der Waals surface area contributed by atoms with Crippen molar-refractivity contribution in [2.75, 3.05) is 39.0 Å². The second kappa shape index (κ2) is 9.89. The normalized spacial score (nSPS) is 18.4. The van der Waals surface area contributed by atoms with Crippen molar-refractivity contribution in [2.24, 2.45) is 0 Å². The SMILES string of the molecule is C=C.C=C(O)c1cnc2c(c1)C[C@@]1(C2)C(=O)Nc2ncc(/C=C/CN(C)CCNC)cc21. The number of nitrogens with zero attached hydrogens (tertiary/aromatic N) is 3. The fourth-order valence-corrected chi connectivity index (χ4v) is 4.18. The first-order valence-electron chi connectivity index (χ1n) is 10.6. The topological polar surface area (TPSA) is 90.4 Å². The zero-order valence-electron chi connectivity index (χ0n) is 18.8. The third kappa shape index (κ3) is 4.49. The van der Waals surface area contributed by atoms with Gasteiger partial charge in [0.05, 0.1) is 5.41 Å². The van der Waals surface area contributed by atoms with Gasteiger partial charge in [0, 0.05) is 55.3 Å². The zero-order chi connectivity index (χ0) is 23.3. The fourth-order valence-electron chi connectivity index (χ4n) is 4.18. The summed E-state index contributed by atoms with van der Waals surface area (Å²) in [5, 5.41) is 15.8. The Morgan fingerprint density at radius 1 is 1.31 bits per heavy atom. The number of amides is 1. The largest absolute Gasteiger partial charge is 0.508 e. The van der Waals surface area contributed by atoms with Gasteiger partial charge in [0.25, 0.3) is 0 Å². The number of aromatic nitrogens is 2. The van der Waals surface area contributed by atoms with Crippen molar-refractivity contribution in [3.8, 4) is 0 Å². The molecule has 1 aliphatic heterocycles. The highest BCUT2D eigenvalue weighted by Gasteiger charge is 2.51. The standard InChI is InChI=1S/C23H27N5O2.C2H4/c1-15(29)18-10-17-11-23(12-20(17)25-14-18)19-9-16(13-26-21(19)27-22(23)30)5-4-7-28(3)8-6-24-2;1-2/h4-5,9-10,13-14,24,29H,1,6-8,11-12H2,2-3H3,(H,26,27,30);1-2H2/b5-4+;/t23-;/m0./s1. The van der Waals surface area contributed by atoms with Crippen molar-refractivity contribution in [1.29, 1.82) is 0 Å². The summed E-state index contributed by atoms with van der Waals surface area (Å²) in [5.41, 5.74) is 3.63. The van der Waals surface area contributed by atoms with E-state index < -0.39 is 5.41 Å². The molecule has 32 heavy (non-hydrogen) atoms. The summed E-state index contributed by atoms with van der Waals surface area (Å²) in [6, 6.07) is 3.94. The second-order valence-electron chi connectivity index (χ2n) is 8.10. The van der Waals surface area contributed by atoms with Gasteiger partial charge in [0.1, 0.15) is 11.6 Å². The van der Waals surface area contributed by atoms with Crippen LogP contribution < -0.4 is 10.6 Å². The molecule has 2 aromatic heterocycles. The molecular weight excluding hydrogens is 402 g/mol. The number of carbonyl (C=O) groups excluding carboxylic acids is 1. The lowest BCUT2D eigenvalue weighted by atomic mass is 9.79. The van der Waals surface area contributed by atoms with Gasteiger partial charge in [0.15, 0.2) is 0 Å². The summed E-state index contributed by atoms with van der Waals surface area (Å²) in [4.78, 5) is 24.2. The molecule has 3 N–H and O–H groups in total. The van der Waals surface area contributed by atoms with Gasteiger partial charge in [-0.2, -0.15) is 0 Å². The molecule has 1 amide bonds. The number of pyridine rings is 2. The van der Waals surface area contributed by atoms with Crippen LogP contribution in [0.5, 0.6) is 0 Å². The number of rotatable bonds is 7. The van der Waals surface area contributed by atoms with Crippen LogP contribution in [-0.4, -0.2) is 59.6 Å². The summed E-state index contributed by atoms with van der Waals surface area (Å²) >= 11 is 0. The average Bonchev–Trinajstić information content (AvgIpc) is 3.31. The van der Waals surface area contributed by atoms with Gasteiger partial charge in [-0.25, -0.2) is 4.98 Å². The maximum absolute atomic E-state index is 13.0. The van der Waals surface area contributed by atoms with Crippen LogP contribution in [0.2, 0.25) is 0 Å². The highest BCUT2D eigenvalue weighted by atomic mass is 16.3. The van der Waals surface area contributed by atoms with Crippen LogP contribution in [0.1, 0.15) is 27.9 Å².